The highest BCUT2D eigenvalue weighted by molar-refractivity contribution is 7.18. The smallest absolute Gasteiger partial charge is 0.295 e. The summed E-state index contributed by atoms with van der Waals surface area (Å²) in [5, 5.41) is 4.07. The lowest BCUT2D eigenvalue weighted by molar-refractivity contribution is -0.117. The Morgan fingerprint density at radius 2 is 1.79 bits per heavy atom. The number of hydrogen-bond donors (Lipinski definition) is 1. The number of para-hydroxylation sites is 2. The summed E-state index contributed by atoms with van der Waals surface area (Å²) >= 11 is 1.78. The number of nitrogens with zero attached hydrogens (tertiary/aromatic N) is 4. The van der Waals surface area contributed by atoms with Crippen molar-refractivity contribution in [2.24, 2.45) is 7.05 Å². The molecule has 0 spiro atoms. The Hall–Kier alpha value is -3.23. The second kappa shape index (κ2) is 8.96. The fraction of sp³-hybridized carbons (Fsp3) is 0.320. The van der Waals surface area contributed by atoms with Crippen LogP contribution in [0.1, 0.15) is 29.5 Å². The summed E-state index contributed by atoms with van der Waals surface area (Å²) in [6.45, 7) is 3.82. The molecule has 0 atom stereocenters. The van der Waals surface area contributed by atoms with Crippen LogP contribution in [0.25, 0.3) is 15.9 Å². The van der Waals surface area contributed by atoms with E-state index in [9.17, 15) is 9.59 Å². The van der Waals surface area contributed by atoms with Crippen molar-refractivity contribution in [1.82, 2.24) is 19.2 Å². The van der Waals surface area contributed by atoms with Gasteiger partial charge >= 0.3 is 0 Å². The van der Waals surface area contributed by atoms with Gasteiger partial charge in [-0.15, -0.1) is 11.3 Å². The molecular weight excluding hydrogens is 434 g/mol. The Balaban J connectivity index is 1.22. The largest absolute Gasteiger partial charge is 0.319 e. The second-order valence-corrected chi connectivity index (χ2v) is 9.62. The number of aromatic nitrogens is 3. The molecule has 0 aliphatic carbocycles. The molecule has 1 amide bonds. The third-order valence-corrected chi connectivity index (χ3v) is 7.63. The highest BCUT2D eigenvalue weighted by Gasteiger charge is 2.25. The minimum absolute atomic E-state index is 0.153. The number of carbonyl (C=O) groups is 1. The van der Waals surface area contributed by atoms with Gasteiger partial charge in [-0.05, 0) is 57.1 Å². The molecule has 1 fully saturated rings. The maximum atomic E-state index is 13.0. The van der Waals surface area contributed by atoms with Gasteiger partial charge < -0.3 is 5.32 Å². The number of thiazole rings is 1. The van der Waals surface area contributed by atoms with E-state index in [1.165, 1.54) is 9.71 Å². The zero-order chi connectivity index (χ0) is 22.9. The van der Waals surface area contributed by atoms with Gasteiger partial charge in [-0.3, -0.25) is 19.2 Å². The van der Waals surface area contributed by atoms with Crippen molar-refractivity contribution in [3.63, 3.8) is 0 Å². The van der Waals surface area contributed by atoms with Gasteiger partial charge in [0.05, 0.1) is 33.2 Å². The molecule has 33 heavy (non-hydrogen) atoms. The average Bonchev–Trinajstić information content (AvgIpc) is 3.35. The maximum Gasteiger partial charge on any atom is 0.295 e. The fourth-order valence-corrected chi connectivity index (χ4v) is 5.63. The summed E-state index contributed by atoms with van der Waals surface area (Å²) in [7, 11) is 1.83. The molecule has 1 aliphatic heterocycles. The molecule has 4 aromatic rings. The van der Waals surface area contributed by atoms with E-state index in [0.717, 1.165) is 42.8 Å². The van der Waals surface area contributed by atoms with E-state index in [2.05, 4.69) is 28.4 Å². The Kier molecular flexibility index (Phi) is 5.86. The number of benzene rings is 2. The number of amides is 1. The Bertz CT molecular complexity index is 1310. The van der Waals surface area contributed by atoms with Gasteiger partial charge in [-0.1, -0.05) is 30.3 Å². The normalized spacial score (nSPS) is 15.2. The van der Waals surface area contributed by atoms with E-state index in [4.69, 9.17) is 4.98 Å². The molecule has 7 nitrogen and oxygen atoms in total. The van der Waals surface area contributed by atoms with Gasteiger partial charge in [-0.2, -0.15) is 0 Å². The summed E-state index contributed by atoms with van der Waals surface area (Å²) < 4.78 is 4.58. The number of rotatable bonds is 5. The zero-order valence-corrected chi connectivity index (χ0v) is 19.6. The predicted molar refractivity (Wildman–Crippen MR) is 132 cm³/mol. The lowest BCUT2D eigenvalue weighted by Crippen LogP contribution is -2.39. The van der Waals surface area contributed by atoms with Crippen LogP contribution in [0, 0.1) is 6.92 Å². The molecule has 1 saturated heterocycles. The summed E-state index contributed by atoms with van der Waals surface area (Å²) in [5.41, 5.74) is 2.69. The second-order valence-electron chi connectivity index (χ2n) is 8.55. The van der Waals surface area contributed by atoms with Crippen LogP contribution in [-0.2, 0) is 11.8 Å². The van der Waals surface area contributed by atoms with Crippen molar-refractivity contribution in [2.75, 3.05) is 25.0 Å². The first-order valence-corrected chi connectivity index (χ1v) is 12.0. The molecule has 5 rings (SSSR count). The molecule has 0 saturated carbocycles. The highest BCUT2D eigenvalue weighted by atomic mass is 32.1. The molecule has 3 heterocycles. The SMILES string of the molecule is Cc1c(NC(=O)CN2CCC(c3nc4ccccc4s3)CC2)c(=O)n(-c2ccccc2)n1C. The average molecular weight is 462 g/mol. The van der Waals surface area contributed by atoms with E-state index < -0.39 is 0 Å². The van der Waals surface area contributed by atoms with E-state index >= 15 is 0 Å². The molecule has 2 aromatic carbocycles. The van der Waals surface area contributed by atoms with Crippen LogP contribution in [-0.4, -0.2) is 44.8 Å². The summed E-state index contributed by atoms with van der Waals surface area (Å²) in [4.78, 5) is 32.8. The van der Waals surface area contributed by atoms with Gasteiger partial charge in [0.2, 0.25) is 5.91 Å². The van der Waals surface area contributed by atoms with Crippen molar-refractivity contribution in [3.05, 3.63) is 75.7 Å². The molecule has 1 aliphatic rings. The molecule has 0 bridgehead atoms. The molecule has 8 heteroatoms. The first-order chi connectivity index (χ1) is 16.0. The van der Waals surface area contributed by atoms with Crippen LogP contribution in [0.15, 0.2) is 59.4 Å². The van der Waals surface area contributed by atoms with E-state index in [1.54, 1.807) is 20.7 Å². The maximum absolute atomic E-state index is 13.0. The van der Waals surface area contributed by atoms with Crippen LogP contribution in [0.4, 0.5) is 5.69 Å². The molecule has 2 aromatic heterocycles. The van der Waals surface area contributed by atoms with Crippen LogP contribution < -0.4 is 10.9 Å². The van der Waals surface area contributed by atoms with Gasteiger partial charge in [0.1, 0.15) is 5.69 Å². The van der Waals surface area contributed by atoms with E-state index in [0.29, 0.717) is 11.6 Å². The number of likely N-dealkylation sites (tertiary alicyclic amines) is 1. The van der Waals surface area contributed by atoms with Crippen molar-refractivity contribution in [1.29, 1.82) is 0 Å². The lowest BCUT2D eigenvalue weighted by Gasteiger charge is -2.30. The van der Waals surface area contributed by atoms with Gasteiger partial charge in [0, 0.05) is 13.0 Å². The van der Waals surface area contributed by atoms with Gasteiger partial charge in [0.25, 0.3) is 5.56 Å². The van der Waals surface area contributed by atoms with Crippen LogP contribution in [0.3, 0.4) is 0 Å². The van der Waals surface area contributed by atoms with Crippen molar-refractivity contribution >= 4 is 33.1 Å². The summed E-state index contributed by atoms with van der Waals surface area (Å²) in [6, 6.07) is 17.7. The number of fused-ring (bicyclic) bond motifs is 1. The number of hydrogen-bond acceptors (Lipinski definition) is 5. The van der Waals surface area contributed by atoms with Crippen molar-refractivity contribution in [2.45, 2.75) is 25.7 Å². The monoisotopic (exact) mass is 461 g/mol. The van der Waals surface area contributed by atoms with Gasteiger partial charge in [0.15, 0.2) is 0 Å². The molecule has 170 valence electrons. The first-order valence-electron chi connectivity index (χ1n) is 11.2. The Morgan fingerprint density at radius 3 is 2.52 bits per heavy atom. The lowest BCUT2D eigenvalue weighted by atomic mass is 9.97. The zero-order valence-electron chi connectivity index (χ0n) is 18.8. The standard InChI is InChI=1S/C25H27N5O2S/c1-17-23(25(32)30(28(17)2)19-8-4-3-5-9-19)27-22(31)16-29-14-12-18(13-15-29)24-26-20-10-6-7-11-21(20)33-24/h3-11,18H,12-16H2,1-2H3,(H,27,31). The van der Waals surface area contributed by atoms with E-state index in [1.807, 2.05) is 50.4 Å². The number of nitrogens with one attached hydrogen (secondary N) is 1. The van der Waals surface area contributed by atoms with Gasteiger partial charge in [-0.25, -0.2) is 9.67 Å². The number of carbonyl (C=O) groups excluding carboxylic acids is 1. The minimum atomic E-state index is -0.218. The number of piperidine rings is 1. The first kappa shape index (κ1) is 21.6. The number of anilines is 1. The quantitative estimate of drug-likeness (QED) is 0.489. The Morgan fingerprint density at radius 1 is 1.09 bits per heavy atom. The third-order valence-electron chi connectivity index (χ3n) is 6.43. The van der Waals surface area contributed by atoms with E-state index in [-0.39, 0.29) is 18.0 Å². The topological polar surface area (TPSA) is 72.2 Å². The molecule has 0 unspecified atom stereocenters. The summed E-state index contributed by atoms with van der Waals surface area (Å²) in [5.74, 6) is 0.288. The van der Waals surface area contributed by atoms with Crippen LogP contribution in [0.2, 0.25) is 0 Å². The van der Waals surface area contributed by atoms with Crippen LogP contribution in [0.5, 0.6) is 0 Å². The third kappa shape index (κ3) is 4.24. The highest BCUT2D eigenvalue weighted by Crippen LogP contribution is 2.33. The molecular formula is C25H27N5O2S. The van der Waals surface area contributed by atoms with Crippen molar-refractivity contribution in [3.8, 4) is 5.69 Å². The predicted octanol–water partition coefficient (Wildman–Crippen LogP) is 3.91. The fourth-order valence-electron chi connectivity index (χ4n) is 4.50. The van der Waals surface area contributed by atoms with Crippen molar-refractivity contribution < 1.29 is 4.79 Å². The Labute approximate surface area is 196 Å². The van der Waals surface area contributed by atoms with Crippen LogP contribution >= 0.6 is 11.3 Å². The molecule has 1 N–H and O–H groups in total. The summed E-state index contributed by atoms with van der Waals surface area (Å²) in [6.07, 6.45) is 1.97. The minimum Gasteiger partial charge on any atom is -0.319 e. The molecule has 0 radical (unpaired) electrons.